The molecule has 1 aromatic carbocycles. The normalized spacial score (nSPS) is 11.8. The molecule has 0 spiro atoms. The van der Waals surface area contributed by atoms with Crippen molar-refractivity contribution >= 4 is 11.8 Å². The van der Waals surface area contributed by atoms with Crippen molar-refractivity contribution < 1.29 is 14.3 Å². The van der Waals surface area contributed by atoms with E-state index < -0.39 is 6.04 Å². The summed E-state index contributed by atoms with van der Waals surface area (Å²) in [5.74, 6) is -0.154. The fourth-order valence-electron chi connectivity index (χ4n) is 2.14. The number of hydrogen-bond donors (Lipinski definition) is 1. The number of nitrogens with one attached hydrogen (secondary N) is 1. The lowest BCUT2D eigenvalue weighted by molar-refractivity contribution is -0.140. The van der Waals surface area contributed by atoms with Gasteiger partial charge in [-0.2, -0.15) is 0 Å². The first-order valence-corrected chi connectivity index (χ1v) is 7.70. The van der Waals surface area contributed by atoms with E-state index in [0.717, 1.165) is 12.0 Å². The maximum absolute atomic E-state index is 12.3. The van der Waals surface area contributed by atoms with Crippen molar-refractivity contribution in [3.63, 3.8) is 0 Å². The highest BCUT2D eigenvalue weighted by atomic mass is 16.5. The van der Waals surface area contributed by atoms with Crippen LogP contribution in [0.2, 0.25) is 0 Å². The third-order valence-electron chi connectivity index (χ3n) is 3.43. The molecule has 0 aromatic heterocycles. The number of amides is 2. The predicted molar refractivity (Wildman–Crippen MR) is 86.2 cm³/mol. The van der Waals surface area contributed by atoms with Gasteiger partial charge in [-0.15, -0.1) is 0 Å². The molecule has 0 aliphatic carbocycles. The minimum Gasteiger partial charge on any atom is -0.383 e. The summed E-state index contributed by atoms with van der Waals surface area (Å²) >= 11 is 0. The number of hydrogen-bond acceptors (Lipinski definition) is 3. The van der Waals surface area contributed by atoms with Gasteiger partial charge in [0, 0.05) is 26.6 Å². The molecule has 0 aliphatic heterocycles. The van der Waals surface area contributed by atoms with E-state index in [1.54, 1.807) is 18.9 Å². The van der Waals surface area contributed by atoms with Crippen LogP contribution >= 0.6 is 0 Å². The monoisotopic (exact) mass is 306 g/mol. The lowest BCUT2D eigenvalue weighted by atomic mass is 10.1. The Morgan fingerprint density at radius 1 is 1.27 bits per heavy atom. The summed E-state index contributed by atoms with van der Waals surface area (Å²) in [6.07, 6.45) is 1.21. The Balaban J connectivity index is 2.76. The first-order chi connectivity index (χ1) is 10.6. The number of carbonyl (C=O) groups excluding carboxylic acids is 2. The third-order valence-corrected chi connectivity index (χ3v) is 3.43. The molecule has 1 rings (SSSR count). The van der Waals surface area contributed by atoms with Crippen molar-refractivity contribution in [2.75, 3.05) is 20.3 Å². The fraction of sp³-hybridized carbons (Fsp3) is 0.529. The van der Waals surface area contributed by atoms with Crippen molar-refractivity contribution in [3.05, 3.63) is 35.9 Å². The Bertz CT molecular complexity index is 462. The Morgan fingerprint density at radius 3 is 2.55 bits per heavy atom. The lowest BCUT2D eigenvalue weighted by Gasteiger charge is -2.28. The maximum Gasteiger partial charge on any atom is 0.242 e. The zero-order valence-electron chi connectivity index (χ0n) is 13.7. The van der Waals surface area contributed by atoms with Crippen molar-refractivity contribution in [2.24, 2.45) is 0 Å². The molecule has 0 radical (unpaired) electrons. The Labute approximate surface area is 132 Å². The van der Waals surface area contributed by atoms with E-state index in [0.29, 0.717) is 26.1 Å². The van der Waals surface area contributed by atoms with Crippen LogP contribution < -0.4 is 5.32 Å². The topological polar surface area (TPSA) is 58.6 Å². The quantitative estimate of drug-likeness (QED) is 0.710. The van der Waals surface area contributed by atoms with Crippen LogP contribution in [0.4, 0.5) is 0 Å². The second-order valence-corrected chi connectivity index (χ2v) is 5.22. The maximum atomic E-state index is 12.3. The summed E-state index contributed by atoms with van der Waals surface area (Å²) in [5, 5.41) is 2.79. The third kappa shape index (κ3) is 5.85. The van der Waals surface area contributed by atoms with E-state index in [1.807, 2.05) is 37.3 Å². The average molecular weight is 306 g/mol. The Hall–Kier alpha value is -1.88. The molecule has 1 atom stereocenters. The molecule has 1 unspecified atom stereocenters. The van der Waals surface area contributed by atoms with Gasteiger partial charge in [0.1, 0.15) is 6.04 Å². The molecule has 0 fully saturated rings. The van der Waals surface area contributed by atoms with Gasteiger partial charge in [0.2, 0.25) is 11.8 Å². The number of methoxy groups -OCH3 is 1. The van der Waals surface area contributed by atoms with Gasteiger partial charge < -0.3 is 15.0 Å². The standard InChI is InChI=1S/C17H26N2O3/c1-4-8-16(20)19(13-15-9-6-5-7-10-15)14(2)17(21)18-11-12-22-3/h5-7,9-10,14H,4,8,11-13H2,1-3H3,(H,18,21). The molecule has 22 heavy (non-hydrogen) atoms. The van der Waals surface area contributed by atoms with Crippen molar-refractivity contribution in [3.8, 4) is 0 Å². The van der Waals surface area contributed by atoms with Crippen LogP contribution in [-0.2, 0) is 20.9 Å². The molecule has 0 saturated carbocycles. The molecule has 0 bridgehead atoms. The number of benzene rings is 1. The Morgan fingerprint density at radius 2 is 1.95 bits per heavy atom. The van der Waals surface area contributed by atoms with Gasteiger partial charge in [-0.1, -0.05) is 37.3 Å². The van der Waals surface area contributed by atoms with Crippen molar-refractivity contribution in [2.45, 2.75) is 39.3 Å². The van der Waals surface area contributed by atoms with Crippen molar-refractivity contribution in [1.29, 1.82) is 0 Å². The number of carbonyl (C=O) groups is 2. The van der Waals surface area contributed by atoms with Crippen LogP contribution in [0.15, 0.2) is 30.3 Å². The van der Waals surface area contributed by atoms with E-state index in [9.17, 15) is 9.59 Å². The number of ether oxygens (including phenoxy) is 1. The molecule has 0 heterocycles. The fourth-order valence-corrected chi connectivity index (χ4v) is 2.14. The van der Waals surface area contributed by atoms with Gasteiger partial charge in [0.05, 0.1) is 6.61 Å². The molecule has 0 aliphatic rings. The van der Waals surface area contributed by atoms with E-state index in [2.05, 4.69) is 5.32 Å². The largest absolute Gasteiger partial charge is 0.383 e. The Kier molecular flexibility index (Phi) is 8.22. The molecular weight excluding hydrogens is 280 g/mol. The summed E-state index contributed by atoms with van der Waals surface area (Å²) in [4.78, 5) is 26.2. The molecule has 5 nitrogen and oxygen atoms in total. The zero-order valence-corrected chi connectivity index (χ0v) is 13.7. The van der Waals surface area contributed by atoms with Crippen LogP contribution in [0.1, 0.15) is 32.3 Å². The van der Waals surface area contributed by atoms with Gasteiger partial charge in [0.25, 0.3) is 0 Å². The second-order valence-electron chi connectivity index (χ2n) is 5.22. The highest BCUT2D eigenvalue weighted by molar-refractivity contribution is 5.87. The molecule has 1 N–H and O–H groups in total. The van der Waals surface area contributed by atoms with Gasteiger partial charge in [0.15, 0.2) is 0 Å². The molecule has 122 valence electrons. The zero-order chi connectivity index (χ0) is 16.4. The van der Waals surface area contributed by atoms with Gasteiger partial charge in [-0.05, 0) is 18.9 Å². The van der Waals surface area contributed by atoms with Gasteiger partial charge in [-0.3, -0.25) is 9.59 Å². The van der Waals surface area contributed by atoms with Gasteiger partial charge in [-0.25, -0.2) is 0 Å². The van der Waals surface area contributed by atoms with Crippen LogP contribution in [0.5, 0.6) is 0 Å². The summed E-state index contributed by atoms with van der Waals surface area (Å²) in [6.45, 7) is 5.07. The number of rotatable bonds is 9. The summed E-state index contributed by atoms with van der Waals surface area (Å²) in [7, 11) is 1.59. The van der Waals surface area contributed by atoms with Crippen molar-refractivity contribution in [1.82, 2.24) is 10.2 Å². The summed E-state index contributed by atoms with van der Waals surface area (Å²) in [5.41, 5.74) is 1.02. The molecule has 0 saturated heterocycles. The van der Waals surface area contributed by atoms with E-state index >= 15 is 0 Å². The highest BCUT2D eigenvalue weighted by Gasteiger charge is 2.25. The SMILES string of the molecule is CCCC(=O)N(Cc1ccccc1)C(C)C(=O)NCCOC. The lowest BCUT2D eigenvalue weighted by Crippen LogP contribution is -2.48. The average Bonchev–Trinajstić information content (AvgIpc) is 2.53. The van der Waals surface area contributed by atoms with E-state index in [4.69, 9.17) is 4.74 Å². The minimum absolute atomic E-state index is 0.000689. The van der Waals surface area contributed by atoms with Crippen LogP contribution in [-0.4, -0.2) is 43.0 Å². The molecule has 1 aromatic rings. The van der Waals surface area contributed by atoms with E-state index in [1.165, 1.54) is 0 Å². The molecule has 5 heteroatoms. The van der Waals surface area contributed by atoms with Crippen LogP contribution in [0, 0.1) is 0 Å². The van der Waals surface area contributed by atoms with E-state index in [-0.39, 0.29) is 11.8 Å². The highest BCUT2D eigenvalue weighted by Crippen LogP contribution is 2.11. The summed E-state index contributed by atoms with van der Waals surface area (Å²) < 4.78 is 4.92. The first kappa shape index (κ1) is 18.2. The number of nitrogens with zero attached hydrogens (tertiary/aromatic N) is 1. The van der Waals surface area contributed by atoms with Gasteiger partial charge >= 0.3 is 0 Å². The molecule has 2 amide bonds. The summed E-state index contributed by atoms with van der Waals surface area (Å²) in [6, 6.07) is 9.21. The second kappa shape index (κ2) is 9.95. The first-order valence-electron chi connectivity index (χ1n) is 7.70. The van der Waals surface area contributed by atoms with Crippen LogP contribution in [0.25, 0.3) is 0 Å². The smallest absolute Gasteiger partial charge is 0.242 e. The minimum atomic E-state index is -0.504. The van der Waals surface area contributed by atoms with Crippen LogP contribution in [0.3, 0.4) is 0 Å². The molecular formula is C17H26N2O3. The predicted octanol–water partition coefficient (Wildman–Crippen LogP) is 1.97.